The summed E-state index contributed by atoms with van der Waals surface area (Å²) in [6, 6.07) is 7.70. The molecule has 5 heteroatoms. The van der Waals surface area contributed by atoms with Gasteiger partial charge in [-0.25, -0.2) is 4.98 Å². The number of rotatable bonds is 4. The molecule has 5 atom stereocenters. The molecule has 5 rings (SSSR count). The maximum Gasteiger partial charge on any atom is 0.130 e. The van der Waals surface area contributed by atoms with Gasteiger partial charge in [0.2, 0.25) is 0 Å². The van der Waals surface area contributed by atoms with E-state index in [9.17, 15) is 5.11 Å². The maximum atomic E-state index is 11.2. The van der Waals surface area contributed by atoms with Gasteiger partial charge in [0.1, 0.15) is 10.9 Å². The lowest BCUT2D eigenvalue weighted by atomic mass is 9.72. The molecule has 0 radical (unpaired) electrons. The first-order chi connectivity index (χ1) is 12.1. The van der Waals surface area contributed by atoms with E-state index in [2.05, 4.69) is 16.8 Å². The molecule has 2 bridgehead atoms. The zero-order valence-electron chi connectivity index (χ0n) is 14.8. The number of aliphatic hydroxyl groups excluding tert-OH is 1. The van der Waals surface area contributed by atoms with Gasteiger partial charge < -0.3 is 9.84 Å². The Hall–Kier alpha value is -1.36. The molecule has 1 aromatic heterocycles. The number of piperidine rings is 3. The Balaban J connectivity index is 1.71. The summed E-state index contributed by atoms with van der Waals surface area (Å²) < 4.78 is 5.36. The van der Waals surface area contributed by atoms with Gasteiger partial charge >= 0.3 is 0 Å². The molecule has 3 fully saturated rings. The maximum absolute atomic E-state index is 11.2. The van der Waals surface area contributed by atoms with E-state index in [-0.39, 0.29) is 6.04 Å². The monoisotopic (exact) mass is 360 g/mol. The van der Waals surface area contributed by atoms with E-state index in [0.717, 1.165) is 53.6 Å². The summed E-state index contributed by atoms with van der Waals surface area (Å²) in [5.41, 5.74) is 1.66. The third-order valence-electron chi connectivity index (χ3n) is 6.16. The molecule has 0 amide bonds. The fraction of sp³-hybridized carbons (Fsp3) is 0.550. The number of nitrogens with zero attached hydrogens (tertiary/aromatic N) is 2. The van der Waals surface area contributed by atoms with Crippen LogP contribution in [0.25, 0.3) is 10.9 Å². The molecule has 1 N–H and O–H groups in total. The minimum Gasteiger partial charge on any atom is -0.497 e. The van der Waals surface area contributed by atoms with Crippen molar-refractivity contribution in [3.63, 3.8) is 0 Å². The number of pyridine rings is 1. The number of aliphatic hydroxyl groups is 1. The second-order valence-corrected chi connectivity index (χ2v) is 7.76. The van der Waals surface area contributed by atoms with E-state index in [1.807, 2.05) is 24.3 Å². The third-order valence-corrected chi connectivity index (χ3v) is 6.35. The number of hydrogen-bond acceptors (Lipinski definition) is 4. The summed E-state index contributed by atoms with van der Waals surface area (Å²) in [6.07, 6.45) is 2.99. The van der Waals surface area contributed by atoms with Crippen molar-refractivity contribution in [1.82, 2.24) is 9.88 Å². The molecule has 0 spiro atoms. The van der Waals surface area contributed by atoms with Crippen LogP contribution in [0.2, 0.25) is 5.15 Å². The summed E-state index contributed by atoms with van der Waals surface area (Å²) >= 11 is 6.24. The predicted molar refractivity (Wildman–Crippen MR) is 100 cm³/mol. The summed E-state index contributed by atoms with van der Waals surface area (Å²) in [5.74, 6) is 2.27. The van der Waals surface area contributed by atoms with Crippen LogP contribution < -0.4 is 4.74 Å². The van der Waals surface area contributed by atoms with Crippen molar-refractivity contribution >= 4 is 22.5 Å². The molecule has 3 saturated heterocycles. The average molecular weight is 361 g/mol. The van der Waals surface area contributed by atoms with Gasteiger partial charge in [0.05, 0.1) is 18.7 Å². The Morgan fingerprint density at radius 2 is 2.24 bits per heavy atom. The molecule has 3 aliphatic rings. The van der Waals surface area contributed by atoms with Crippen LogP contribution in [-0.2, 0) is 0 Å². The summed E-state index contributed by atoms with van der Waals surface area (Å²) in [4.78, 5) is 6.87. The van der Waals surface area contributed by atoms with Crippen LogP contribution in [0.15, 0.2) is 24.3 Å². The number of methoxy groups -OCH3 is 1. The number of halogens is 1. The number of aromatic nitrogens is 1. The number of ether oxygens (including phenoxy) is 1. The van der Waals surface area contributed by atoms with Crippen molar-refractivity contribution in [3.05, 3.63) is 35.0 Å². The zero-order valence-corrected chi connectivity index (χ0v) is 15.5. The first-order valence-corrected chi connectivity index (χ1v) is 9.54. The number of fused-ring (bicyclic) bond motifs is 4. The van der Waals surface area contributed by atoms with Crippen LogP contribution in [0, 0.1) is 11.8 Å². The molecule has 2 unspecified atom stereocenters. The summed E-state index contributed by atoms with van der Waals surface area (Å²) in [7, 11) is 1.65. The van der Waals surface area contributed by atoms with Gasteiger partial charge in [-0.2, -0.15) is 0 Å². The summed E-state index contributed by atoms with van der Waals surface area (Å²) in [6.45, 7) is 4.46. The van der Waals surface area contributed by atoms with Crippen LogP contribution in [0.5, 0.6) is 5.75 Å². The number of hydrogen-bond donors (Lipinski definition) is 1. The largest absolute Gasteiger partial charge is 0.497 e. The molecule has 25 heavy (non-hydrogen) atoms. The molecule has 0 saturated carbocycles. The van der Waals surface area contributed by atoms with E-state index in [1.165, 1.54) is 12.8 Å². The molecule has 2 aromatic rings. The molecule has 0 aliphatic carbocycles. The van der Waals surface area contributed by atoms with Crippen LogP contribution in [0.3, 0.4) is 0 Å². The normalized spacial score (nSPS) is 29.8. The van der Waals surface area contributed by atoms with Crippen molar-refractivity contribution in [1.29, 1.82) is 0 Å². The molecule has 4 nitrogen and oxygen atoms in total. The van der Waals surface area contributed by atoms with Gasteiger partial charge in [0.25, 0.3) is 0 Å². The molecule has 3 aliphatic heterocycles. The van der Waals surface area contributed by atoms with E-state index in [4.69, 9.17) is 16.3 Å². The Kier molecular flexibility index (Phi) is 4.61. The Labute approximate surface area is 153 Å². The standard InChI is InChI=1S/C20H25ClN2O2/c1-3-12-11-23-7-6-13(12)8-18(23)20(24)16-10-19(21)22-17-5-4-14(25-2)9-15(16)17/h4-5,9-10,12-13,18,20,24H,3,6-8,11H2,1-2H3/t12-,13-,18?,20+/m0/s1. The number of benzene rings is 1. The predicted octanol–water partition coefficient (Wildman–Crippen LogP) is 4.05. The Morgan fingerprint density at radius 1 is 1.40 bits per heavy atom. The lowest BCUT2D eigenvalue weighted by Gasteiger charge is -2.51. The van der Waals surface area contributed by atoms with Gasteiger partial charge in [0.15, 0.2) is 0 Å². The minimum atomic E-state index is -0.560. The Bertz CT molecular complexity index is 782. The highest BCUT2D eigenvalue weighted by atomic mass is 35.5. The minimum absolute atomic E-state index is 0.161. The van der Waals surface area contributed by atoms with E-state index in [0.29, 0.717) is 5.15 Å². The van der Waals surface area contributed by atoms with Crippen molar-refractivity contribution in [3.8, 4) is 5.75 Å². The van der Waals surface area contributed by atoms with Gasteiger partial charge in [-0.1, -0.05) is 24.9 Å². The molecule has 134 valence electrons. The van der Waals surface area contributed by atoms with Gasteiger partial charge in [-0.15, -0.1) is 0 Å². The topological polar surface area (TPSA) is 45.6 Å². The van der Waals surface area contributed by atoms with Crippen molar-refractivity contribution in [2.24, 2.45) is 11.8 Å². The molecular formula is C20H25ClN2O2. The van der Waals surface area contributed by atoms with Gasteiger partial charge in [-0.05, 0) is 61.1 Å². The van der Waals surface area contributed by atoms with Crippen LogP contribution in [0.1, 0.15) is 37.9 Å². The van der Waals surface area contributed by atoms with Gasteiger partial charge in [-0.3, -0.25) is 4.90 Å². The first kappa shape index (κ1) is 17.1. The second-order valence-electron chi connectivity index (χ2n) is 7.38. The summed E-state index contributed by atoms with van der Waals surface area (Å²) in [5, 5.41) is 12.6. The zero-order chi connectivity index (χ0) is 17.6. The lowest BCUT2D eigenvalue weighted by molar-refractivity contribution is -0.0562. The molecule has 1 aromatic carbocycles. The van der Waals surface area contributed by atoms with Crippen LogP contribution in [-0.4, -0.2) is 41.2 Å². The smallest absolute Gasteiger partial charge is 0.130 e. The second kappa shape index (κ2) is 6.75. The Morgan fingerprint density at radius 3 is 2.92 bits per heavy atom. The van der Waals surface area contributed by atoms with Crippen molar-refractivity contribution in [2.75, 3.05) is 20.2 Å². The van der Waals surface area contributed by atoms with Crippen LogP contribution >= 0.6 is 11.6 Å². The highest BCUT2D eigenvalue weighted by molar-refractivity contribution is 6.30. The van der Waals surface area contributed by atoms with Gasteiger partial charge in [0, 0.05) is 18.0 Å². The van der Waals surface area contributed by atoms with E-state index >= 15 is 0 Å². The highest BCUT2D eigenvalue weighted by Gasteiger charge is 2.42. The van der Waals surface area contributed by atoms with Crippen LogP contribution in [0.4, 0.5) is 0 Å². The fourth-order valence-electron chi connectivity index (χ4n) is 4.75. The molecule has 4 heterocycles. The quantitative estimate of drug-likeness (QED) is 0.835. The fourth-order valence-corrected chi connectivity index (χ4v) is 4.96. The van der Waals surface area contributed by atoms with E-state index < -0.39 is 6.10 Å². The average Bonchev–Trinajstić information content (AvgIpc) is 2.66. The SMILES string of the molecule is CC[C@H]1CN2CC[C@H]1CC2[C@H](O)c1cc(Cl)nc2ccc(OC)cc12. The van der Waals surface area contributed by atoms with E-state index in [1.54, 1.807) is 7.11 Å². The first-order valence-electron chi connectivity index (χ1n) is 9.17. The molecular weight excluding hydrogens is 336 g/mol. The van der Waals surface area contributed by atoms with Crippen molar-refractivity contribution < 1.29 is 9.84 Å². The highest BCUT2D eigenvalue weighted by Crippen LogP contribution is 2.43. The third kappa shape index (κ3) is 3.01. The van der Waals surface area contributed by atoms with Crippen molar-refractivity contribution in [2.45, 2.75) is 38.3 Å². The lowest BCUT2D eigenvalue weighted by Crippen LogP contribution is -2.55.